The number of phenolic OH excluding ortho intramolecular Hbond substituents is 1. The van der Waals surface area contributed by atoms with Crippen LogP contribution in [0.25, 0.3) is 0 Å². The van der Waals surface area contributed by atoms with Gasteiger partial charge >= 0.3 is 0 Å². The number of phenols is 1. The number of aromatic hydroxyl groups is 1. The van der Waals surface area contributed by atoms with E-state index in [1.165, 1.54) is 0 Å². The lowest BCUT2D eigenvalue weighted by molar-refractivity contribution is 0.453. The molecule has 4 heteroatoms. The molecule has 0 amide bonds. The zero-order valence-corrected chi connectivity index (χ0v) is 8.44. The van der Waals surface area contributed by atoms with Crippen molar-refractivity contribution >= 4 is 15.9 Å². The third-order valence-electron chi connectivity index (χ3n) is 2.36. The SMILES string of the molecule is NC1(c2cc(Br)c(F)cc2O)CC1. The molecule has 3 N–H and O–H groups in total. The lowest BCUT2D eigenvalue weighted by Crippen LogP contribution is -2.18. The standard InChI is InChI=1S/C9H9BrFNO/c10-6-3-5(9(12)1-2-9)8(13)4-7(6)11/h3-4,13H,1-2,12H2. The van der Waals surface area contributed by atoms with Crippen LogP contribution in [0.2, 0.25) is 0 Å². The third-order valence-corrected chi connectivity index (χ3v) is 2.97. The first kappa shape index (κ1) is 8.97. The number of hydrogen-bond donors (Lipinski definition) is 2. The minimum Gasteiger partial charge on any atom is -0.507 e. The first-order chi connectivity index (χ1) is 6.03. The molecule has 0 atom stereocenters. The summed E-state index contributed by atoms with van der Waals surface area (Å²) in [7, 11) is 0. The van der Waals surface area contributed by atoms with Crippen LogP contribution in [-0.4, -0.2) is 5.11 Å². The molecule has 1 aliphatic carbocycles. The number of hydrogen-bond acceptors (Lipinski definition) is 2. The van der Waals surface area contributed by atoms with E-state index in [4.69, 9.17) is 5.73 Å². The second-order valence-electron chi connectivity index (χ2n) is 3.44. The van der Waals surface area contributed by atoms with Crippen LogP contribution < -0.4 is 5.73 Å². The summed E-state index contributed by atoms with van der Waals surface area (Å²) in [4.78, 5) is 0. The quantitative estimate of drug-likeness (QED) is 0.798. The van der Waals surface area contributed by atoms with Gasteiger partial charge in [0, 0.05) is 17.2 Å². The van der Waals surface area contributed by atoms with Crippen LogP contribution in [0.1, 0.15) is 18.4 Å². The summed E-state index contributed by atoms with van der Waals surface area (Å²) in [6, 6.07) is 2.64. The van der Waals surface area contributed by atoms with E-state index in [2.05, 4.69) is 15.9 Å². The number of rotatable bonds is 1. The second-order valence-corrected chi connectivity index (χ2v) is 4.29. The lowest BCUT2D eigenvalue weighted by Gasteiger charge is -2.11. The van der Waals surface area contributed by atoms with E-state index in [1.54, 1.807) is 6.07 Å². The molecule has 0 spiro atoms. The zero-order chi connectivity index (χ0) is 9.64. The van der Waals surface area contributed by atoms with Gasteiger partial charge in [-0.1, -0.05) is 0 Å². The Morgan fingerprint density at radius 3 is 2.62 bits per heavy atom. The fourth-order valence-electron chi connectivity index (χ4n) is 1.34. The van der Waals surface area contributed by atoms with Crippen molar-refractivity contribution < 1.29 is 9.50 Å². The van der Waals surface area contributed by atoms with Gasteiger partial charge in [0.2, 0.25) is 0 Å². The molecule has 0 heterocycles. The number of nitrogens with two attached hydrogens (primary N) is 1. The van der Waals surface area contributed by atoms with Crippen LogP contribution in [0.3, 0.4) is 0 Å². The highest BCUT2D eigenvalue weighted by Gasteiger charge is 2.42. The van der Waals surface area contributed by atoms with Crippen molar-refractivity contribution in [3.05, 3.63) is 28.0 Å². The molecule has 0 aromatic heterocycles. The fourth-order valence-corrected chi connectivity index (χ4v) is 1.68. The van der Waals surface area contributed by atoms with Crippen molar-refractivity contribution in [3.63, 3.8) is 0 Å². The van der Waals surface area contributed by atoms with E-state index in [1.807, 2.05) is 0 Å². The van der Waals surface area contributed by atoms with Crippen molar-refractivity contribution in [1.29, 1.82) is 0 Å². The molecule has 2 nitrogen and oxygen atoms in total. The van der Waals surface area contributed by atoms with E-state index < -0.39 is 11.4 Å². The molecule has 0 unspecified atom stereocenters. The van der Waals surface area contributed by atoms with E-state index >= 15 is 0 Å². The summed E-state index contributed by atoms with van der Waals surface area (Å²) < 4.78 is 13.3. The molecule has 70 valence electrons. The molecule has 0 saturated heterocycles. The molecule has 0 aliphatic heterocycles. The Morgan fingerprint density at radius 1 is 1.46 bits per heavy atom. The Kier molecular flexibility index (Phi) is 1.85. The van der Waals surface area contributed by atoms with Gasteiger partial charge in [-0.25, -0.2) is 4.39 Å². The highest BCUT2D eigenvalue weighted by Crippen LogP contribution is 2.47. The van der Waals surface area contributed by atoms with Gasteiger partial charge in [0.1, 0.15) is 11.6 Å². The fraction of sp³-hybridized carbons (Fsp3) is 0.333. The molecule has 1 aromatic rings. The maximum Gasteiger partial charge on any atom is 0.141 e. The van der Waals surface area contributed by atoms with Gasteiger partial charge in [-0.05, 0) is 34.8 Å². The predicted octanol–water partition coefficient (Wildman–Crippen LogP) is 2.24. The van der Waals surface area contributed by atoms with E-state index in [0.717, 1.165) is 18.9 Å². The van der Waals surface area contributed by atoms with Crippen molar-refractivity contribution in [2.75, 3.05) is 0 Å². The van der Waals surface area contributed by atoms with Gasteiger partial charge < -0.3 is 10.8 Å². The van der Waals surface area contributed by atoms with Crippen molar-refractivity contribution in [3.8, 4) is 5.75 Å². The Hall–Kier alpha value is -0.610. The summed E-state index contributed by atoms with van der Waals surface area (Å²) >= 11 is 3.06. The van der Waals surface area contributed by atoms with Gasteiger partial charge in [0.15, 0.2) is 0 Å². The summed E-state index contributed by atoms with van der Waals surface area (Å²) in [5.74, 6) is -0.522. The Morgan fingerprint density at radius 2 is 2.08 bits per heavy atom. The summed E-state index contributed by atoms with van der Waals surface area (Å²) in [5, 5.41) is 9.45. The van der Waals surface area contributed by atoms with E-state index in [9.17, 15) is 9.50 Å². The van der Waals surface area contributed by atoms with Gasteiger partial charge in [0.05, 0.1) is 4.47 Å². The van der Waals surface area contributed by atoms with Gasteiger partial charge in [-0.3, -0.25) is 0 Å². The minimum absolute atomic E-state index is 0.0549. The Bertz CT molecular complexity index is 363. The molecule has 1 saturated carbocycles. The van der Waals surface area contributed by atoms with E-state index in [-0.39, 0.29) is 5.75 Å². The van der Waals surface area contributed by atoms with Crippen LogP contribution >= 0.6 is 15.9 Å². The first-order valence-electron chi connectivity index (χ1n) is 4.00. The average Bonchev–Trinajstić information content (AvgIpc) is 2.77. The molecule has 0 radical (unpaired) electrons. The molecule has 0 bridgehead atoms. The lowest BCUT2D eigenvalue weighted by atomic mass is 10.0. The smallest absolute Gasteiger partial charge is 0.141 e. The van der Waals surface area contributed by atoms with Crippen LogP contribution in [0.15, 0.2) is 16.6 Å². The van der Waals surface area contributed by atoms with E-state index in [0.29, 0.717) is 10.0 Å². The summed E-state index contributed by atoms with van der Waals surface area (Å²) in [6.07, 6.45) is 1.69. The summed E-state index contributed by atoms with van der Waals surface area (Å²) in [6.45, 7) is 0. The van der Waals surface area contributed by atoms with Crippen molar-refractivity contribution in [1.82, 2.24) is 0 Å². The highest BCUT2D eigenvalue weighted by molar-refractivity contribution is 9.10. The van der Waals surface area contributed by atoms with Crippen molar-refractivity contribution in [2.24, 2.45) is 5.73 Å². The zero-order valence-electron chi connectivity index (χ0n) is 6.85. The van der Waals surface area contributed by atoms with Crippen LogP contribution in [-0.2, 0) is 5.54 Å². The first-order valence-corrected chi connectivity index (χ1v) is 4.80. The predicted molar refractivity (Wildman–Crippen MR) is 50.9 cm³/mol. The molecular formula is C9H9BrFNO. The highest BCUT2D eigenvalue weighted by atomic mass is 79.9. The molecular weight excluding hydrogens is 237 g/mol. The maximum absolute atomic E-state index is 12.9. The van der Waals surface area contributed by atoms with Crippen LogP contribution in [0.5, 0.6) is 5.75 Å². The molecule has 1 aromatic carbocycles. The third kappa shape index (κ3) is 1.44. The van der Waals surface area contributed by atoms with Gasteiger partial charge in [-0.2, -0.15) is 0 Å². The largest absolute Gasteiger partial charge is 0.507 e. The molecule has 2 rings (SSSR count). The molecule has 1 fully saturated rings. The van der Waals surface area contributed by atoms with Gasteiger partial charge in [-0.15, -0.1) is 0 Å². The normalized spacial score (nSPS) is 18.7. The second kappa shape index (κ2) is 2.69. The van der Waals surface area contributed by atoms with Crippen molar-refractivity contribution in [2.45, 2.75) is 18.4 Å². The van der Waals surface area contributed by atoms with Crippen LogP contribution in [0, 0.1) is 5.82 Å². The number of benzene rings is 1. The minimum atomic E-state index is -0.467. The topological polar surface area (TPSA) is 46.2 Å². The Balaban J connectivity index is 2.52. The summed E-state index contributed by atoms with van der Waals surface area (Å²) in [5.41, 5.74) is 6.08. The molecule has 13 heavy (non-hydrogen) atoms. The number of halogens is 2. The van der Waals surface area contributed by atoms with Crippen LogP contribution in [0.4, 0.5) is 4.39 Å². The maximum atomic E-state index is 12.9. The van der Waals surface area contributed by atoms with Gasteiger partial charge in [0.25, 0.3) is 0 Å². The Labute approximate surface area is 83.7 Å². The monoisotopic (exact) mass is 245 g/mol. The molecule has 1 aliphatic rings. The average molecular weight is 246 g/mol.